The molecule has 0 aliphatic rings. The quantitative estimate of drug-likeness (QED) is 0.666. The summed E-state index contributed by atoms with van der Waals surface area (Å²) in [4.78, 5) is 11.8. The molecule has 1 atom stereocenters. The number of methoxy groups -OCH3 is 1. The third kappa shape index (κ3) is 7.79. The summed E-state index contributed by atoms with van der Waals surface area (Å²) < 4.78 is 23.2. The molecule has 1 aromatic carbocycles. The molecule has 2 N–H and O–H groups in total. The summed E-state index contributed by atoms with van der Waals surface area (Å²) in [6.07, 6.45) is -0.716. The number of amides is 1. The van der Waals surface area contributed by atoms with E-state index in [0.717, 1.165) is 12.6 Å². The number of benzene rings is 1. The summed E-state index contributed by atoms with van der Waals surface area (Å²) >= 11 is 5.84. The van der Waals surface area contributed by atoms with Crippen molar-refractivity contribution >= 4 is 29.9 Å². The first-order chi connectivity index (χ1) is 10.0. The SMILES string of the molecule is COCCNCCNC(=O)C(C)Oc1ccc(F)cc1Cl.Cl. The van der Waals surface area contributed by atoms with E-state index in [1.807, 2.05) is 0 Å². The highest BCUT2D eigenvalue weighted by Gasteiger charge is 2.15. The number of ether oxygens (including phenoxy) is 2. The highest BCUT2D eigenvalue weighted by molar-refractivity contribution is 6.32. The Hall–Kier alpha value is -1.08. The van der Waals surface area contributed by atoms with E-state index in [2.05, 4.69) is 10.6 Å². The lowest BCUT2D eigenvalue weighted by Crippen LogP contribution is -2.40. The van der Waals surface area contributed by atoms with Crippen LogP contribution in [0.2, 0.25) is 5.02 Å². The molecular weight excluding hydrogens is 334 g/mol. The van der Waals surface area contributed by atoms with Crippen LogP contribution in [0.25, 0.3) is 0 Å². The second-order valence-electron chi connectivity index (χ2n) is 4.37. The fourth-order valence-corrected chi connectivity index (χ4v) is 1.74. The van der Waals surface area contributed by atoms with Gasteiger partial charge >= 0.3 is 0 Å². The predicted octanol–water partition coefficient (Wildman–Crippen LogP) is 2.02. The number of hydrogen-bond donors (Lipinski definition) is 2. The van der Waals surface area contributed by atoms with Crippen molar-refractivity contribution in [2.75, 3.05) is 33.4 Å². The lowest BCUT2D eigenvalue weighted by Gasteiger charge is -2.15. The van der Waals surface area contributed by atoms with Crippen molar-refractivity contribution in [3.05, 3.63) is 29.0 Å². The summed E-state index contributed by atoms with van der Waals surface area (Å²) in [5.74, 6) is -0.436. The van der Waals surface area contributed by atoms with Gasteiger partial charge in [-0.3, -0.25) is 4.79 Å². The van der Waals surface area contributed by atoms with E-state index in [9.17, 15) is 9.18 Å². The second kappa shape index (κ2) is 11.5. The molecule has 1 aromatic rings. The molecule has 5 nitrogen and oxygen atoms in total. The van der Waals surface area contributed by atoms with Gasteiger partial charge in [-0.1, -0.05) is 11.6 Å². The first kappa shape index (κ1) is 20.9. The van der Waals surface area contributed by atoms with Crippen LogP contribution < -0.4 is 15.4 Å². The highest BCUT2D eigenvalue weighted by atomic mass is 35.5. The summed E-state index contributed by atoms with van der Waals surface area (Å²) in [6.45, 7) is 4.07. The van der Waals surface area contributed by atoms with Crippen LogP contribution in [0.4, 0.5) is 4.39 Å². The summed E-state index contributed by atoms with van der Waals surface area (Å²) in [7, 11) is 1.63. The smallest absolute Gasteiger partial charge is 0.260 e. The molecule has 0 saturated carbocycles. The fraction of sp³-hybridized carbons (Fsp3) is 0.500. The van der Waals surface area contributed by atoms with Crippen LogP contribution in [0.1, 0.15) is 6.92 Å². The monoisotopic (exact) mass is 354 g/mol. The standard InChI is InChI=1S/C14H20ClFN2O3.ClH/c1-10(14(19)18-6-5-17-7-8-20-2)21-13-4-3-11(16)9-12(13)15;/h3-4,9-10,17H,5-8H2,1-2H3,(H,18,19);1H. The topological polar surface area (TPSA) is 59.6 Å². The van der Waals surface area contributed by atoms with Gasteiger partial charge in [0.15, 0.2) is 6.10 Å². The Morgan fingerprint density at radius 2 is 2.09 bits per heavy atom. The van der Waals surface area contributed by atoms with Gasteiger partial charge in [0.2, 0.25) is 0 Å². The second-order valence-corrected chi connectivity index (χ2v) is 4.78. The molecule has 0 bridgehead atoms. The third-order valence-corrected chi connectivity index (χ3v) is 2.95. The number of carbonyl (C=O) groups is 1. The Labute approximate surface area is 140 Å². The largest absolute Gasteiger partial charge is 0.479 e. The van der Waals surface area contributed by atoms with Crippen LogP contribution in [0.3, 0.4) is 0 Å². The maximum atomic E-state index is 12.9. The number of rotatable bonds is 9. The maximum absolute atomic E-state index is 12.9. The predicted molar refractivity (Wildman–Crippen MR) is 86.5 cm³/mol. The number of hydrogen-bond acceptors (Lipinski definition) is 4. The molecule has 0 aliphatic carbocycles. The molecule has 0 spiro atoms. The third-order valence-electron chi connectivity index (χ3n) is 2.65. The average molecular weight is 355 g/mol. The molecular formula is C14H21Cl2FN2O3. The van der Waals surface area contributed by atoms with Crippen LogP contribution in [0.15, 0.2) is 18.2 Å². The van der Waals surface area contributed by atoms with E-state index in [0.29, 0.717) is 19.7 Å². The van der Waals surface area contributed by atoms with E-state index in [1.54, 1.807) is 14.0 Å². The highest BCUT2D eigenvalue weighted by Crippen LogP contribution is 2.25. The molecule has 22 heavy (non-hydrogen) atoms. The summed E-state index contributed by atoms with van der Waals surface area (Å²) in [5, 5.41) is 5.96. The lowest BCUT2D eigenvalue weighted by atomic mass is 10.3. The zero-order valence-corrected chi connectivity index (χ0v) is 14.1. The first-order valence-electron chi connectivity index (χ1n) is 6.63. The zero-order chi connectivity index (χ0) is 15.7. The molecule has 0 fully saturated rings. The van der Waals surface area contributed by atoms with Crippen molar-refractivity contribution in [2.24, 2.45) is 0 Å². The first-order valence-corrected chi connectivity index (χ1v) is 7.01. The van der Waals surface area contributed by atoms with E-state index in [-0.39, 0.29) is 29.1 Å². The van der Waals surface area contributed by atoms with Gasteiger partial charge in [0.05, 0.1) is 11.6 Å². The molecule has 1 rings (SSSR count). The molecule has 8 heteroatoms. The number of carbonyl (C=O) groups excluding carboxylic acids is 1. The van der Waals surface area contributed by atoms with Crippen LogP contribution in [0.5, 0.6) is 5.75 Å². The van der Waals surface area contributed by atoms with Crippen molar-refractivity contribution in [2.45, 2.75) is 13.0 Å². The van der Waals surface area contributed by atoms with E-state index in [1.165, 1.54) is 12.1 Å². The zero-order valence-electron chi connectivity index (χ0n) is 12.5. The van der Waals surface area contributed by atoms with Gasteiger partial charge in [0.1, 0.15) is 11.6 Å². The number of nitrogens with one attached hydrogen (secondary N) is 2. The molecule has 126 valence electrons. The summed E-state index contributed by atoms with van der Waals surface area (Å²) in [6, 6.07) is 3.76. The Kier molecular flexibility index (Phi) is 10.9. The van der Waals surface area contributed by atoms with Gasteiger partial charge in [0.25, 0.3) is 5.91 Å². The van der Waals surface area contributed by atoms with Gasteiger partial charge in [-0.2, -0.15) is 0 Å². The van der Waals surface area contributed by atoms with Crippen molar-refractivity contribution in [3.8, 4) is 5.75 Å². The minimum Gasteiger partial charge on any atom is -0.479 e. The van der Waals surface area contributed by atoms with E-state index >= 15 is 0 Å². The summed E-state index contributed by atoms with van der Waals surface area (Å²) in [5.41, 5.74) is 0. The van der Waals surface area contributed by atoms with Crippen molar-refractivity contribution in [1.29, 1.82) is 0 Å². The van der Waals surface area contributed by atoms with Gasteiger partial charge < -0.3 is 20.1 Å². The van der Waals surface area contributed by atoms with Gasteiger partial charge in [-0.15, -0.1) is 12.4 Å². The Balaban J connectivity index is 0.00000441. The Bertz CT molecular complexity index is 464. The fourth-order valence-electron chi connectivity index (χ4n) is 1.53. The van der Waals surface area contributed by atoms with Crippen molar-refractivity contribution < 1.29 is 18.7 Å². The van der Waals surface area contributed by atoms with Gasteiger partial charge in [0, 0.05) is 26.7 Å². The van der Waals surface area contributed by atoms with Crippen LogP contribution in [-0.2, 0) is 9.53 Å². The Morgan fingerprint density at radius 1 is 1.36 bits per heavy atom. The number of halogens is 3. The van der Waals surface area contributed by atoms with Crippen molar-refractivity contribution in [1.82, 2.24) is 10.6 Å². The molecule has 0 aromatic heterocycles. The Morgan fingerprint density at radius 3 is 2.73 bits per heavy atom. The lowest BCUT2D eigenvalue weighted by molar-refractivity contribution is -0.127. The van der Waals surface area contributed by atoms with E-state index < -0.39 is 11.9 Å². The minimum absolute atomic E-state index is 0. The van der Waals surface area contributed by atoms with Crippen LogP contribution in [-0.4, -0.2) is 45.4 Å². The molecule has 1 unspecified atom stereocenters. The van der Waals surface area contributed by atoms with Crippen LogP contribution in [0, 0.1) is 5.82 Å². The normalized spacial score (nSPS) is 11.5. The van der Waals surface area contributed by atoms with Crippen LogP contribution >= 0.6 is 24.0 Å². The van der Waals surface area contributed by atoms with Gasteiger partial charge in [-0.25, -0.2) is 4.39 Å². The van der Waals surface area contributed by atoms with E-state index in [4.69, 9.17) is 21.1 Å². The molecule has 0 aliphatic heterocycles. The van der Waals surface area contributed by atoms with Gasteiger partial charge in [-0.05, 0) is 25.1 Å². The average Bonchev–Trinajstić information content (AvgIpc) is 2.45. The minimum atomic E-state index is -0.716. The van der Waals surface area contributed by atoms with Crippen molar-refractivity contribution in [3.63, 3.8) is 0 Å². The molecule has 0 saturated heterocycles. The molecule has 0 heterocycles. The molecule has 0 radical (unpaired) electrons. The maximum Gasteiger partial charge on any atom is 0.260 e. The molecule has 1 amide bonds.